The maximum absolute atomic E-state index is 14.1. The second kappa shape index (κ2) is 20.3. The van der Waals surface area contributed by atoms with Crippen LogP contribution in [0.25, 0.3) is 0 Å². The predicted octanol–water partition coefficient (Wildman–Crippen LogP) is 6.06. The van der Waals surface area contributed by atoms with E-state index in [9.17, 15) is 34.2 Å². The normalized spacial score (nSPS) is 20.2. The second-order valence-corrected chi connectivity index (χ2v) is 14.9. The van der Waals surface area contributed by atoms with Gasteiger partial charge in [-0.3, -0.25) is 14.4 Å². The van der Waals surface area contributed by atoms with Gasteiger partial charge in [0.1, 0.15) is 25.6 Å². The number of ether oxygens (including phenoxy) is 6. The SMILES string of the molecule is C=CCOC(=O)CCOC(=O)N1c2cc(OCCCOc3cc4c(cc3C)C(=O)N3C=C(/C=C/C)C[C@H]3[C@H](O)N4C(=O)OCC=C)c(OC)cc2C(=O)N2C=C(/C=C/C)C[C@H]2[C@@H]1O. The van der Waals surface area contributed by atoms with Crippen molar-refractivity contribution in [2.24, 2.45) is 0 Å². The zero-order valence-corrected chi connectivity index (χ0v) is 35.7. The molecule has 4 amide bonds. The Kier molecular flexibility index (Phi) is 14.8. The van der Waals surface area contributed by atoms with Crippen LogP contribution in [0.15, 0.2) is 97.4 Å². The van der Waals surface area contributed by atoms with Crippen LogP contribution in [0.4, 0.5) is 21.0 Å². The monoisotopic (exact) mass is 868 g/mol. The molecular formula is C46H52N4O13. The lowest BCUT2D eigenvalue weighted by Crippen LogP contribution is -2.50. The molecule has 0 unspecified atom stereocenters. The Morgan fingerprint density at radius 2 is 1.22 bits per heavy atom. The number of esters is 1. The molecule has 0 spiro atoms. The summed E-state index contributed by atoms with van der Waals surface area (Å²) in [6.07, 6.45) is 9.12. The van der Waals surface area contributed by atoms with Gasteiger partial charge in [-0.05, 0) is 62.5 Å². The quantitative estimate of drug-likeness (QED) is 0.0857. The molecule has 2 N–H and O–H groups in total. The molecule has 4 aliphatic rings. The summed E-state index contributed by atoms with van der Waals surface area (Å²) < 4.78 is 33.7. The van der Waals surface area contributed by atoms with Crippen molar-refractivity contribution in [1.82, 2.24) is 9.80 Å². The Labute approximate surface area is 365 Å². The minimum absolute atomic E-state index is 0.00307. The van der Waals surface area contributed by atoms with Crippen LogP contribution < -0.4 is 24.0 Å². The van der Waals surface area contributed by atoms with Gasteiger partial charge in [-0.2, -0.15) is 0 Å². The molecule has 4 aliphatic heterocycles. The van der Waals surface area contributed by atoms with Gasteiger partial charge in [-0.15, -0.1) is 0 Å². The average molecular weight is 869 g/mol. The average Bonchev–Trinajstić information content (AvgIpc) is 3.87. The summed E-state index contributed by atoms with van der Waals surface area (Å²) in [6.45, 7) is 12.2. The predicted molar refractivity (Wildman–Crippen MR) is 230 cm³/mol. The molecule has 334 valence electrons. The van der Waals surface area contributed by atoms with Gasteiger partial charge in [0.05, 0.1) is 61.3 Å². The van der Waals surface area contributed by atoms with Gasteiger partial charge in [-0.1, -0.05) is 49.6 Å². The highest BCUT2D eigenvalue weighted by Crippen LogP contribution is 2.43. The third kappa shape index (κ3) is 9.64. The number of hydrogen-bond acceptors (Lipinski definition) is 13. The van der Waals surface area contributed by atoms with Gasteiger partial charge in [0.15, 0.2) is 24.0 Å². The van der Waals surface area contributed by atoms with E-state index in [-0.39, 0.29) is 79.9 Å². The van der Waals surface area contributed by atoms with E-state index in [1.54, 1.807) is 31.5 Å². The number of fused-ring (bicyclic) bond motifs is 4. The van der Waals surface area contributed by atoms with Gasteiger partial charge in [0.2, 0.25) is 0 Å². The number of aliphatic hydroxyl groups excluding tert-OH is 2. The molecule has 0 aromatic heterocycles. The molecule has 0 saturated carbocycles. The van der Waals surface area contributed by atoms with Crippen molar-refractivity contribution < 1.29 is 62.6 Å². The smallest absolute Gasteiger partial charge is 0.416 e. The van der Waals surface area contributed by atoms with E-state index in [1.807, 2.05) is 32.1 Å². The number of aryl methyl sites for hydroxylation is 1. The summed E-state index contributed by atoms with van der Waals surface area (Å²) in [4.78, 5) is 72.1. The van der Waals surface area contributed by atoms with Crippen LogP contribution in [0.3, 0.4) is 0 Å². The third-order valence-corrected chi connectivity index (χ3v) is 10.6. The molecule has 63 heavy (non-hydrogen) atoms. The number of aliphatic hydroxyl groups is 2. The van der Waals surface area contributed by atoms with Crippen LogP contribution in [0, 0.1) is 6.92 Å². The Morgan fingerprint density at radius 3 is 1.76 bits per heavy atom. The van der Waals surface area contributed by atoms with Crippen LogP contribution in [0.1, 0.15) is 65.8 Å². The van der Waals surface area contributed by atoms with Crippen molar-refractivity contribution in [1.29, 1.82) is 0 Å². The van der Waals surface area contributed by atoms with E-state index in [2.05, 4.69) is 13.2 Å². The van der Waals surface area contributed by atoms with E-state index in [4.69, 9.17) is 28.4 Å². The van der Waals surface area contributed by atoms with Gasteiger partial charge in [0.25, 0.3) is 11.8 Å². The Morgan fingerprint density at radius 1 is 0.714 bits per heavy atom. The number of carbonyl (C=O) groups is 5. The molecule has 4 heterocycles. The first-order valence-corrected chi connectivity index (χ1v) is 20.5. The van der Waals surface area contributed by atoms with Gasteiger partial charge in [0, 0.05) is 31.0 Å². The standard InChI is InChI=1S/C46H52N4O13/c1-7-12-29-21-35-43(54)49(45(56)62-16-10-4)33-24-37(28(5)20-31(33)41(52)47(35)26-29)59-17-11-18-60-39-25-34-32(23-38(39)58-6)42(53)48-27-30(13-8-2)22-36(48)44(55)50(34)46(57)63-19-14-40(51)61-15-9-3/h7-10,12-13,20,23-27,35-36,43-44,54-55H,3-4,11,14-19,21-22H2,1-2,5-6H3/b12-7+,13-8+/t35-,36-,43-,44-/m0/s1. The largest absolute Gasteiger partial charge is 0.493 e. The lowest BCUT2D eigenvalue weighted by Gasteiger charge is -2.31. The third-order valence-electron chi connectivity index (χ3n) is 10.6. The molecule has 17 heteroatoms. The topological polar surface area (TPSA) is 194 Å². The molecule has 0 bridgehead atoms. The number of nitrogens with zero attached hydrogens (tertiary/aromatic N) is 4. The maximum atomic E-state index is 14.1. The number of rotatable bonds is 16. The summed E-state index contributed by atoms with van der Waals surface area (Å²) in [7, 11) is 1.40. The lowest BCUT2D eigenvalue weighted by molar-refractivity contribution is -0.143. The van der Waals surface area contributed by atoms with Crippen LogP contribution in [0.5, 0.6) is 17.2 Å². The molecule has 0 aliphatic carbocycles. The highest BCUT2D eigenvalue weighted by Gasteiger charge is 2.47. The zero-order chi connectivity index (χ0) is 45.4. The number of amides is 4. The highest BCUT2D eigenvalue weighted by molar-refractivity contribution is 6.07. The molecule has 0 fully saturated rings. The fraction of sp³-hybridized carbons (Fsp3) is 0.370. The summed E-state index contributed by atoms with van der Waals surface area (Å²) in [6, 6.07) is 4.35. The Bertz CT molecular complexity index is 2260. The van der Waals surface area contributed by atoms with Crippen LogP contribution >= 0.6 is 0 Å². The van der Waals surface area contributed by atoms with E-state index in [0.29, 0.717) is 24.2 Å². The van der Waals surface area contributed by atoms with Crippen molar-refractivity contribution in [2.45, 2.75) is 71.0 Å². The van der Waals surface area contributed by atoms with E-state index in [1.165, 1.54) is 47.3 Å². The fourth-order valence-corrected chi connectivity index (χ4v) is 7.75. The minimum atomic E-state index is -1.56. The lowest BCUT2D eigenvalue weighted by atomic mass is 10.1. The number of methoxy groups -OCH3 is 1. The van der Waals surface area contributed by atoms with E-state index >= 15 is 0 Å². The van der Waals surface area contributed by atoms with Crippen molar-refractivity contribution in [2.75, 3.05) is 49.9 Å². The molecule has 17 nitrogen and oxygen atoms in total. The van der Waals surface area contributed by atoms with Crippen molar-refractivity contribution in [3.63, 3.8) is 0 Å². The Balaban J connectivity index is 1.21. The van der Waals surface area contributed by atoms with Gasteiger partial charge >= 0.3 is 18.2 Å². The first-order valence-electron chi connectivity index (χ1n) is 20.5. The van der Waals surface area contributed by atoms with Crippen molar-refractivity contribution >= 4 is 41.3 Å². The number of carbonyl (C=O) groups excluding carboxylic acids is 5. The van der Waals surface area contributed by atoms with E-state index in [0.717, 1.165) is 20.9 Å². The number of anilines is 2. The highest BCUT2D eigenvalue weighted by atomic mass is 16.6. The van der Waals surface area contributed by atoms with Crippen LogP contribution in [-0.2, 0) is 19.0 Å². The van der Waals surface area contributed by atoms with Gasteiger partial charge < -0.3 is 48.4 Å². The zero-order valence-electron chi connectivity index (χ0n) is 35.7. The molecule has 0 saturated heterocycles. The molecule has 0 radical (unpaired) electrons. The summed E-state index contributed by atoms with van der Waals surface area (Å²) in [5.41, 5.74) is 2.49. The van der Waals surface area contributed by atoms with E-state index < -0.39 is 54.5 Å². The molecule has 2 aromatic carbocycles. The first kappa shape index (κ1) is 45.7. The van der Waals surface area contributed by atoms with Crippen molar-refractivity contribution in [3.05, 3.63) is 114 Å². The maximum Gasteiger partial charge on any atom is 0.416 e. The van der Waals surface area contributed by atoms with Crippen LogP contribution in [0.2, 0.25) is 0 Å². The fourth-order valence-electron chi connectivity index (χ4n) is 7.75. The number of hydrogen-bond donors (Lipinski definition) is 2. The summed E-state index contributed by atoms with van der Waals surface area (Å²) >= 11 is 0. The first-order chi connectivity index (χ1) is 30.4. The molecule has 6 rings (SSSR count). The molecule has 2 aromatic rings. The second-order valence-electron chi connectivity index (χ2n) is 14.9. The summed E-state index contributed by atoms with van der Waals surface area (Å²) in [5, 5.41) is 23.4. The minimum Gasteiger partial charge on any atom is -0.493 e. The number of benzene rings is 2. The molecule has 4 atom stereocenters. The van der Waals surface area contributed by atoms with Crippen molar-refractivity contribution in [3.8, 4) is 17.2 Å². The summed E-state index contributed by atoms with van der Waals surface area (Å²) in [5.74, 6) is -0.854. The Hall–Kier alpha value is -6.85. The van der Waals surface area contributed by atoms with Gasteiger partial charge in [-0.25, -0.2) is 19.4 Å². The number of allylic oxidation sites excluding steroid dienone is 4. The van der Waals surface area contributed by atoms with Crippen LogP contribution in [-0.4, -0.2) is 115 Å². The molecular weight excluding hydrogens is 817 g/mol.